The number of carbonyl (C=O) groups excluding carboxylic acids is 2. The molecule has 0 spiro atoms. The molecule has 0 aliphatic rings. The van der Waals surface area contributed by atoms with Crippen LogP contribution in [0.1, 0.15) is 21.5 Å². The van der Waals surface area contributed by atoms with E-state index in [0.717, 1.165) is 16.2 Å². The Kier molecular flexibility index (Phi) is 4.27. The van der Waals surface area contributed by atoms with Gasteiger partial charge in [0.1, 0.15) is 5.75 Å². The highest BCUT2D eigenvalue weighted by atomic mass is 32.1. The lowest BCUT2D eigenvalue weighted by Gasteiger charge is -2.12. The first-order chi connectivity index (χ1) is 8.31. The molecule has 1 rings (SSSR count). The second-order valence-electron chi connectivity index (χ2n) is 3.47. The van der Waals surface area contributed by atoms with Crippen molar-refractivity contribution in [3.63, 3.8) is 0 Å². The van der Waals surface area contributed by atoms with Gasteiger partial charge in [-0.2, -0.15) is 0 Å². The molecule has 1 atom stereocenters. The largest absolute Gasteiger partial charge is 0.479 e. The third-order valence-corrected chi connectivity index (χ3v) is 2.95. The number of nitrogens with one attached hydrogen (secondary N) is 1. The summed E-state index contributed by atoms with van der Waals surface area (Å²) in [6.07, 6.45) is -1.02. The van der Waals surface area contributed by atoms with E-state index >= 15 is 0 Å². The lowest BCUT2D eigenvalue weighted by molar-refractivity contribution is -0.126. The summed E-state index contributed by atoms with van der Waals surface area (Å²) in [4.78, 5) is 33.5. The second-order valence-corrected chi connectivity index (χ2v) is 4.73. The molecule has 0 fully saturated rings. The average molecular weight is 272 g/mol. The standard InChI is InChI=1S/C10H12N2O5S/c1-4-3-6(7(18-4)9(14)15)17-5(2)8(13)12-10(11)16/h3,5H,1-2H3,(H,14,15)(H3,11,12,13,16). The fourth-order valence-electron chi connectivity index (χ4n) is 1.19. The molecular formula is C10H12N2O5S. The first-order valence-corrected chi connectivity index (χ1v) is 5.73. The molecule has 1 aromatic heterocycles. The molecule has 0 saturated heterocycles. The number of aromatic carboxylic acids is 1. The van der Waals surface area contributed by atoms with Crippen LogP contribution in [-0.2, 0) is 4.79 Å². The van der Waals surface area contributed by atoms with Gasteiger partial charge in [-0.15, -0.1) is 11.3 Å². The van der Waals surface area contributed by atoms with Crippen LogP contribution in [-0.4, -0.2) is 29.1 Å². The molecule has 1 heterocycles. The number of carbonyl (C=O) groups is 3. The van der Waals surface area contributed by atoms with E-state index in [1.54, 1.807) is 6.92 Å². The minimum Gasteiger partial charge on any atom is -0.479 e. The monoisotopic (exact) mass is 272 g/mol. The van der Waals surface area contributed by atoms with Crippen molar-refractivity contribution in [3.8, 4) is 5.75 Å². The van der Waals surface area contributed by atoms with E-state index in [0.29, 0.717) is 0 Å². The zero-order chi connectivity index (χ0) is 13.9. The third kappa shape index (κ3) is 3.45. The molecule has 8 heteroatoms. The van der Waals surface area contributed by atoms with E-state index in [9.17, 15) is 14.4 Å². The highest BCUT2D eigenvalue weighted by Crippen LogP contribution is 2.29. The maximum absolute atomic E-state index is 11.4. The smallest absolute Gasteiger partial charge is 0.349 e. The Bertz CT molecular complexity index is 496. The van der Waals surface area contributed by atoms with Gasteiger partial charge in [0.25, 0.3) is 5.91 Å². The van der Waals surface area contributed by atoms with Gasteiger partial charge < -0.3 is 15.6 Å². The molecule has 0 aliphatic heterocycles. The number of imide groups is 1. The normalized spacial score (nSPS) is 11.7. The first-order valence-electron chi connectivity index (χ1n) is 4.92. The maximum Gasteiger partial charge on any atom is 0.349 e. The molecule has 1 aromatic rings. The Balaban J connectivity index is 2.81. The van der Waals surface area contributed by atoms with Crippen LogP contribution in [0.5, 0.6) is 5.75 Å². The van der Waals surface area contributed by atoms with Gasteiger partial charge in [0.05, 0.1) is 0 Å². The first kappa shape index (κ1) is 14.0. The zero-order valence-corrected chi connectivity index (χ0v) is 10.5. The highest BCUT2D eigenvalue weighted by molar-refractivity contribution is 7.14. The fourth-order valence-corrected chi connectivity index (χ4v) is 1.98. The number of primary amides is 1. The molecule has 0 aliphatic carbocycles. The van der Waals surface area contributed by atoms with Crippen LogP contribution in [0, 0.1) is 6.92 Å². The van der Waals surface area contributed by atoms with E-state index in [-0.39, 0.29) is 10.6 Å². The van der Waals surface area contributed by atoms with Crippen molar-refractivity contribution in [2.24, 2.45) is 5.73 Å². The van der Waals surface area contributed by atoms with Crippen molar-refractivity contribution in [1.82, 2.24) is 5.32 Å². The SMILES string of the molecule is Cc1cc(OC(C)C(=O)NC(N)=O)c(C(=O)O)s1. The van der Waals surface area contributed by atoms with Crippen molar-refractivity contribution in [2.75, 3.05) is 0 Å². The third-order valence-electron chi connectivity index (χ3n) is 1.93. The van der Waals surface area contributed by atoms with E-state index in [1.165, 1.54) is 13.0 Å². The molecule has 0 bridgehead atoms. The van der Waals surface area contributed by atoms with Crippen LogP contribution < -0.4 is 15.8 Å². The number of carboxylic acids is 1. The topological polar surface area (TPSA) is 119 Å². The summed E-state index contributed by atoms with van der Waals surface area (Å²) < 4.78 is 5.20. The van der Waals surface area contributed by atoms with Gasteiger partial charge in [-0.25, -0.2) is 9.59 Å². The number of urea groups is 1. The van der Waals surface area contributed by atoms with E-state index in [4.69, 9.17) is 15.6 Å². The Hall–Kier alpha value is -2.09. The molecule has 0 aromatic carbocycles. The van der Waals surface area contributed by atoms with Gasteiger partial charge in [0.15, 0.2) is 11.0 Å². The summed E-state index contributed by atoms with van der Waals surface area (Å²) >= 11 is 1.04. The molecule has 1 unspecified atom stereocenters. The van der Waals surface area contributed by atoms with E-state index in [2.05, 4.69) is 0 Å². The molecule has 98 valence electrons. The minimum atomic E-state index is -1.13. The number of ether oxygens (including phenoxy) is 1. The molecular weight excluding hydrogens is 260 g/mol. The summed E-state index contributed by atoms with van der Waals surface area (Å²) in [5.74, 6) is -1.77. The van der Waals surface area contributed by atoms with Gasteiger partial charge in [0.2, 0.25) is 0 Å². The quantitative estimate of drug-likeness (QED) is 0.746. The van der Waals surface area contributed by atoms with E-state index in [1.807, 2.05) is 5.32 Å². The number of hydrogen-bond donors (Lipinski definition) is 3. The van der Waals surface area contributed by atoms with Crippen LogP contribution in [0.2, 0.25) is 0 Å². The predicted molar refractivity (Wildman–Crippen MR) is 63.8 cm³/mol. The number of aryl methyl sites for hydroxylation is 1. The lowest BCUT2D eigenvalue weighted by atomic mass is 10.3. The van der Waals surface area contributed by atoms with E-state index < -0.39 is 24.0 Å². The summed E-state index contributed by atoms with van der Waals surface area (Å²) in [5, 5.41) is 10.8. The molecule has 7 nitrogen and oxygen atoms in total. The van der Waals surface area contributed by atoms with Gasteiger partial charge in [-0.1, -0.05) is 0 Å². The molecule has 0 radical (unpaired) electrons. The van der Waals surface area contributed by atoms with Crippen LogP contribution >= 0.6 is 11.3 Å². The Morgan fingerprint density at radius 3 is 2.61 bits per heavy atom. The molecule has 18 heavy (non-hydrogen) atoms. The Morgan fingerprint density at radius 2 is 2.11 bits per heavy atom. The zero-order valence-electron chi connectivity index (χ0n) is 9.72. The van der Waals surface area contributed by atoms with Crippen molar-refractivity contribution in [2.45, 2.75) is 20.0 Å². The van der Waals surface area contributed by atoms with Crippen molar-refractivity contribution in [3.05, 3.63) is 15.8 Å². The van der Waals surface area contributed by atoms with Crippen molar-refractivity contribution in [1.29, 1.82) is 0 Å². The molecule has 3 amide bonds. The lowest BCUT2D eigenvalue weighted by Crippen LogP contribution is -2.42. The summed E-state index contributed by atoms with van der Waals surface area (Å²) in [5.41, 5.74) is 4.79. The second kappa shape index (κ2) is 5.50. The summed E-state index contributed by atoms with van der Waals surface area (Å²) in [6.45, 7) is 3.11. The summed E-state index contributed by atoms with van der Waals surface area (Å²) in [6, 6.07) is 0.526. The van der Waals surface area contributed by atoms with Crippen molar-refractivity contribution >= 4 is 29.2 Å². The summed E-state index contributed by atoms with van der Waals surface area (Å²) in [7, 11) is 0. The van der Waals surface area contributed by atoms with Crippen LogP contribution in [0.3, 0.4) is 0 Å². The Labute approximate surface area is 107 Å². The van der Waals surface area contributed by atoms with Crippen molar-refractivity contribution < 1.29 is 24.2 Å². The minimum absolute atomic E-state index is 0.00576. The van der Waals surface area contributed by atoms with Gasteiger partial charge >= 0.3 is 12.0 Å². The van der Waals surface area contributed by atoms with Crippen LogP contribution in [0.25, 0.3) is 0 Å². The molecule has 4 N–H and O–H groups in total. The number of thiophene rings is 1. The van der Waals surface area contributed by atoms with Gasteiger partial charge in [-0.3, -0.25) is 10.1 Å². The number of carboxylic acid groups (broad SMARTS) is 1. The number of amides is 3. The fraction of sp³-hybridized carbons (Fsp3) is 0.300. The Morgan fingerprint density at radius 1 is 1.50 bits per heavy atom. The average Bonchev–Trinajstić information content (AvgIpc) is 2.58. The number of nitrogens with two attached hydrogens (primary N) is 1. The van der Waals surface area contributed by atoms with Gasteiger partial charge in [-0.05, 0) is 19.9 Å². The maximum atomic E-state index is 11.4. The van der Waals surface area contributed by atoms with Crippen LogP contribution in [0.15, 0.2) is 6.07 Å². The predicted octanol–water partition coefficient (Wildman–Crippen LogP) is 0.717. The molecule has 0 saturated carbocycles. The number of hydrogen-bond acceptors (Lipinski definition) is 5. The van der Waals surface area contributed by atoms with Crippen LogP contribution in [0.4, 0.5) is 4.79 Å². The highest BCUT2D eigenvalue weighted by Gasteiger charge is 2.21. The van der Waals surface area contributed by atoms with Gasteiger partial charge in [0, 0.05) is 4.88 Å². The number of rotatable bonds is 4.